The minimum atomic E-state index is -3.24. The minimum Gasteiger partial charge on any atom is -0.378 e. The summed E-state index contributed by atoms with van der Waals surface area (Å²) in [6.45, 7) is 6.81. The Bertz CT molecular complexity index is 603. The first kappa shape index (κ1) is 16.4. The molecule has 1 N–H and O–H groups in total. The molecule has 0 amide bonds. The molecule has 0 heterocycles. The molecule has 0 radical (unpaired) electrons. The maximum Gasteiger partial charge on any atom is 0.292 e. The fourth-order valence-electron chi connectivity index (χ4n) is 1.57. The van der Waals surface area contributed by atoms with E-state index in [1.54, 1.807) is 39.8 Å². The standard InChI is InChI=1S/C13H20N2O4S/c1-10-5-6-11(12(9-10)15(16)17)14-7-8-20(18,19)13(2,3)4/h5-6,9,14H,7-8H2,1-4H3. The van der Waals surface area contributed by atoms with Crippen molar-refractivity contribution in [3.63, 3.8) is 0 Å². The van der Waals surface area contributed by atoms with E-state index in [4.69, 9.17) is 0 Å². The van der Waals surface area contributed by atoms with Gasteiger partial charge in [-0.3, -0.25) is 10.1 Å². The number of hydrogen-bond donors (Lipinski definition) is 1. The zero-order valence-electron chi connectivity index (χ0n) is 12.1. The van der Waals surface area contributed by atoms with E-state index in [2.05, 4.69) is 5.32 Å². The number of benzene rings is 1. The molecular weight excluding hydrogens is 280 g/mol. The van der Waals surface area contributed by atoms with Crippen molar-refractivity contribution in [3.05, 3.63) is 33.9 Å². The van der Waals surface area contributed by atoms with Crippen LogP contribution in [0.2, 0.25) is 0 Å². The van der Waals surface area contributed by atoms with Crippen molar-refractivity contribution in [2.75, 3.05) is 17.6 Å². The molecule has 7 heteroatoms. The molecule has 0 aliphatic rings. The number of hydrogen-bond acceptors (Lipinski definition) is 5. The molecule has 1 aromatic carbocycles. The Kier molecular flexibility index (Phi) is 4.75. The number of sulfone groups is 1. The van der Waals surface area contributed by atoms with Crippen LogP contribution in [0.4, 0.5) is 11.4 Å². The summed E-state index contributed by atoms with van der Waals surface area (Å²) in [4.78, 5) is 10.5. The number of nitrogens with zero attached hydrogens (tertiary/aromatic N) is 1. The second kappa shape index (κ2) is 5.78. The van der Waals surface area contributed by atoms with Crippen LogP contribution < -0.4 is 5.32 Å². The lowest BCUT2D eigenvalue weighted by Gasteiger charge is -2.19. The lowest BCUT2D eigenvalue weighted by molar-refractivity contribution is -0.384. The third kappa shape index (κ3) is 3.93. The topological polar surface area (TPSA) is 89.3 Å². The zero-order valence-corrected chi connectivity index (χ0v) is 13.0. The number of nitro groups is 1. The number of aryl methyl sites for hydroxylation is 1. The van der Waals surface area contributed by atoms with Crippen LogP contribution in [0.1, 0.15) is 26.3 Å². The maximum absolute atomic E-state index is 11.9. The largest absolute Gasteiger partial charge is 0.378 e. The van der Waals surface area contributed by atoms with Gasteiger partial charge in [-0.2, -0.15) is 0 Å². The fraction of sp³-hybridized carbons (Fsp3) is 0.538. The first-order chi connectivity index (χ1) is 9.04. The van der Waals surface area contributed by atoms with Gasteiger partial charge in [-0.1, -0.05) is 6.07 Å². The average Bonchev–Trinajstić information content (AvgIpc) is 2.29. The molecule has 0 aromatic heterocycles. The van der Waals surface area contributed by atoms with E-state index in [-0.39, 0.29) is 18.0 Å². The number of rotatable bonds is 5. The first-order valence-electron chi connectivity index (χ1n) is 6.26. The van der Waals surface area contributed by atoms with Crippen molar-refractivity contribution in [3.8, 4) is 0 Å². The minimum absolute atomic E-state index is 0.0434. The predicted octanol–water partition coefficient (Wildman–Crippen LogP) is 2.53. The van der Waals surface area contributed by atoms with Crippen molar-refractivity contribution >= 4 is 21.2 Å². The number of nitrogens with one attached hydrogen (secondary N) is 1. The van der Waals surface area contributed by atoms with Crippen molar-refractivity contribution in [1.82, 2.24) is 0 Å². The van der Waals surface area contributed by atoms with Crippen LogP contribution in [0.5, 0.6) is 0 Å². The van der Waals surface area contributed by atoms with Crippen LogP contribution >= 0.6 is 0 Å². The smallest absolute Gasteiger partial charge is 0.292 e. The van der Waals surface area contributed by atoms with Gasteiger partial charge >= 0.3 is 0 Å². The normalized spacial score (nSPS) is 12.2. The summed E-state index contributed by atoms with van der Waals surface area (Å²) in [5.74, 6) is -0.0679. The van der Waals surface area contributed by atoms with Gasteiger partial charge in [-0.15, -0.1) is 0 Å². The van der Waals surface area contributed by atoms with E-state index >= 15 is 0 Å². The molecule has 112 valence electrons. The molecule has 6 nitrogen and oxygen atoms in total. The van der Waals surface area contributed by atoms with E-state index in [9.17, 15) is 18.5 Å². The number of nitro benzene ring substituents is 1. The molecule has 0 spiro atoms. The van der Waals surface area contributed by atoms with Gasteiger partial charge in [0.05, 0.1) is 15.4 Å². The fourth-order valence-corrected chi connectivity index (χ4v) is 2.55. The molecule has 0 saturated carbocycles. The van der Waals surface area contributed by atoms with E-state index in [0.29, 0.717) is 5.69 Å². The summed E-state index contributed by atoms with van der Waals surface area (Å²) in [6.07, 6.45) is 0. The molecule has 0 aliphatic heterocycles. The Morgan fingerprint density at radius 2 is 1.90 bits per heavy atom. The molecule has 0 saturated heterocycles. The summed E-state index contributed by atoms with van der Waals surface area (Å²) in [5, 5.41) is 13.8. The van der Waals surface area contributed by atoms with Crippen LogP contribution in [0.25, 0.3) is 0 Å². The Hall–Kier alpha value is -1.63. The Morgan fingerprint density at radius 3 is 2.40 bits per heavy atom. The van der Waals surface area contributed by atoms with Gasteiger partial charge in [0.1, 0.15) is 5.69 Å². The SMILES string of the molecule is Cc1ccc(NCCS(=O)(=O)C(C)(C)C)c([N+](=O)[O-])c1. The summed E-state index contributed by atoms with van der Waals surface area (Å²) in [5.41, 5.74) is 1.08. The Labute approximate surface area is 119 Å². The maximum atomic E-state index is 11.9. The molecule has 0 fully saturated rings. The van der Waals surface area contributed by atoms with Crippen LogP contribution in [-0.2, 0) is 9.84 Å². The van der Waals surface area contributed by atoms with E-state index in [0.717, 1.165) is 5.56 Å². The molecule has 1 rings (SSSR count). The van der Waals surface area contributed by atoms with Crippen molar-refractivity contribution in [2.45, 2.75) is 32.4 Å². The van der Waals surface area contributed by atoms with Crippen molar-refractivity contribution in [1.29, 1.82) is 0 Å². The highest BCUT2D eigenvalue weighted by Gasteiger charge is 2.28. The summed E-state index contributed by atoms with van der Waals surface area (Å²) >= 11 is 0. The third-order valence-electron chi connectivity index (χ3n) is 2.97. The zero-order chi connectivity index (χ0) is 15.6. The summed E-state index contributed by atoms with van der Waals surface area (Å²) in [6, 6.07) is 4.80. The van der Waals surface area contributed by atoms with E-state index < -0.39 is 19.5 Å². The highest BCUT2D eigenvalue weighted by molar-refractivity contribution is 7.92. The predicted molar refractivity (Wildman–Crippen MR) is 79.9 cm³/mol. The van der Waals surface area contributed by atoms with E-state index in [1.807, 2.05) is 0 Å². The highest BCUT2D eigenvalue weighted by atomic mass is 32.2. The Morgan fingerprint density at radius 1 is 1.30 bits per heavy atom. The monoisotopic (exact) mass is 300 g/mol. The van der Waals surface area contributed by atoms with Crippen LogP contribution in [0.15, 0.2) is 18.2 Å². The average molecular weight is 300 g/mol. The van der Waals surface area contributed by atoms with E-state index in [1.165, 1.54) is 6.07 Å². The second-order valence-corrected chi connectivity index (χ2v) is 8.50. The summed E-state index contributed by atoms with van der Waals surface area (Å²) < 4.78 is 23.1. The third-order valence-corrected chi connectivity index (χ3v) is 5.58. The van der Waals surface area contributed by atoms with Gasteiger partial charge in [0, 0.05) is 12.6 Å². The van der Waals surface area contributed by atoms with Crippen molar-refractivity contribution in [2.24, 2.45) is 0 Å². The molecular formula is C13H20N2O4S. The molecule has 0 bridgehead atoms. The second-order valence-electron chi connectivity index (χ2n) is 5.64. The van der Waals surface area contributed by atoms with Gasteiger partial charge in [0.25, 0.3) is 5.69 Å². The van der Waals surface area contributed by atoms with Crippen LogP contribution in [-0.4, -0.2) is 30.4 Å². The Balaban J connectivity index is 2.80. The molecule has 20 heavy (non-hydrogen) atoms. The van der Waals surface area contributed by atoms with Gasteiger partial charge < -0.3 is 5.32 Å². The lowest BCUT2D eigenvalue weighted by Crippen LogP contribution is -2.32. The molecule has 1 aromatic rings. The first-order valence-corrected chi connectivity index (χ1v) is 7.91. The quantitative estimate of drug-likeness (QED) is 0.666. The van der Waals surface area contributed by atoms with Gasteiger partial charge in [0.2, 0.25) is 0 Å². The summed E-state index contributed by atoms with van der Waals surface area (Å²) in [7, 11) is -3.24. The highest BCUT2D eigenvalue weighted by Crippen LogP contribution is 2.25. The van der Waals surface area contributed by atoms with Gasteiger partial charge in [-0.05, 0) is 39.3 Å². The van der Waals surface area contributed by atoms with Gasteiger partial charge in [0.15, 0.2) is 9.84 Å². The lowest BCUT2D eigenvalue weighted by atomic mass is 10.2. The van der Waals surface area contributed by atoms with Crippen LogP contribution in [0.3, 0.4) is 0 Å². The van der Waals surface area contributed by atoms with Crippen LogP contribution in [0, 0.1) is 17.0 Å². The molecule has 0 atom stereocenters. The molecule has 0 unspecified atom stereocenters. The number of anilines is 1. The van der Waals surface area contributed by atoms with Gasteiger partial charge in [-0.25, -0.2) is 8.42 Å². The van der Waals surface area contributed by atoms with Crippen molar-refractivity contribution < 1.29 is 13.3 Å². The molecule has 0 aliphatic carbocycles.